The first-order chi connectivity index (χ1) is 17.3. The number of fused-ring (bicyclic) bond motifs is 1. The minimum atomic E-state index is -3.07. The standard InChI is InChI=1S/C26H29F2N3O5S/c1-25(2)11-18(7-8-35-25)31-20-10-17(21(32)12-26(3)14-37(33,34)15-26)13-29-23(20)22(30-31)16-5-4-6-19(9-16)36-24(27)28/h4-6,9-10,13,18,24H,7-8,11-12,14-15H2,1-3H3. The number of Topliss-reactive ketones (excluding diaryl/α,β-unsaturated/α-hetero) is 1. The van der Waals surface area contributed by atoms with Crippen LogP contribution in [-0.4, -0.2) is 59.3 Å². The maximum absolute atomic E-state index is 13.2. The Bertz CT molecular complexity index is 1460. The molecule has 8 nitrogen and oxygen atoms in total. The van der Waals surface area contributed by atoms with E-state index in [-0.39, 0.29) is 41.1 Å². The van der Waals surface area contributed by atoms with Crippen LogP contribution >= 0.6 is 0 Å². The molecule has 198 valence electrons. The summed E-state index contributed by atoms with van der Waals surface area (Å²) < 4.78 is 61.3. The highest BCUT2D eigenvalue weighted by atomic mass is 32.2. The summed E-state index contributed by atoms with van der Waals surface area (Å²) in [5.74, 6) is -0.173. The highest BCUT2D eigenvalue weighted by molar-refractivity contribution is 7.92. The number of ketones is 1. The van der Waals surface area contributed by atoms with E-state index < -0.39 is 21.9 Å². The number of sulfone groups is 1. The molecule has 0 spiro atoms. The SMILES string of the molecule is CC1(CC(=O)c2cnc3c(-c4cccc(OC(F)F)c4)nn(C4CCOC(C)(C)C4)c3c2)CS(=O)(=O)C1. The summed E-state index contributed by atoms with van der Waals surface area (Å²) in [5.41, 5.74) is 1.68. The Morgan fingerprint density at radius 2 is 2.00 bits per heavy atom. The molecule has 1 unspecified atom stereocenters. The number of hydrogen-bond acceptors (Lipinski definition) is 7. The fourth-order valence-corrected chi connectivity index (χ4v) is 7.73. The topological polar surface area (TPSA) is 100 Å². The molecule has 11 heteroatoms. The number of benzene rings is 1. The van der Waals surface area contributed by atoms with Crippen LogP contribution in [0.15, 0.2) is 36.5 Å². The van der Waals surface area contributed by atoms with Crippen molar-refractivity contribution in [2.45, 2.75) is 58.3 Å². The van der Waals surface area contributed by atoms with Crippen molar-refractivity contribution in [1.82, 2.24) is 14.8 Å². The van der Waals surface area contributed by atoms with Gasteiger partial charge in [-0.25, -0.2) is 8.42 Å². The quantitative estimate of drug-likeness (QED) is 0.401. The molecule has 2 aliphatic heterocycles. The maximum Gasteiger partial charge on any atom is 0.387 e. The molecule has 0 saturated carbocycles. The molecule has 2 aliphatic rings. The Kier molecular flexibility index (Phi) is 6.34. The molecule has 5 rings (SSSR count). The van der Waals surface area contributed by atoms with E-state index in [9.17, 15) is 22.0 Å². The zero-order valence-corrected chi connectivity index (χ0v) is 21.7. The van der Waals surface area contributed by atoms with Gasteiger partial charge < -0.3 is 9.47 Å². The summed E-state index contributed by atoms with van der Waals surface area (Å²) in [6.45, 7) is 3.42. The van der Waals surface area contributed by atoms with E-state index in [2.05, 4.69) is 9.72 Å². The smallest absolute Gasteiger partial charge is 0.387 e. The van der Waals surface area contributed by atoms with Gasteiger partial charge >= 0.3 is 6.61 Å². The number of rotatable bonds is 7. The van der Waals surface area contributed by atoms with E-state index in [0.29, 0.717) is 47.3 Å². The zero-order chi connectivity index (χ0) is 26.6. The van der Waals surface area contributed by atoms with Crippen molar-refractivity contribution in [3.05, 3.63) is 42.1 Å². The second kappa shape index (κ2) is 9.13. The van der Waals surface area contributed by atoms with Crippen LogP contribution in [0.5, 0.6) is 5.75 Å². The lowest BCUT2D eigenvalue weighted by atomic mass is 9.86. The first-order valence-electron chi connectivity index (χ1n) is 12.1. The third-order valence-electron chi connectivity index (χ3n) is 6.94. The Labute approximate surface area is 213 Å². The maximum atomic E-state index is 13.2. The molecule has 1 aromatic carbocycles. The van der Waals surface area contributed by atoms with E-state index >= 15 is 0 Å². The summed E-state index contributed by atoms with van der Waals surface area (Å²) in [7, 11) is -3.07. The van der Waals surface area contributed by atoms with Gasteiger partial charge in [0, 0.05) is 35.8 Å². The molecule has 0 N–H and O–H groups in total. The van der Waals surface area contributed by atoms with E-state index in [1.54, 1.807) is 25.1 Å². The summed E-state index contributed by atoms with van der Waals surface area (Å²) in [6.07, 6.45) is 2.98. The number of carbonyl (C=O) groups is 1. The molecule has 1 atom stereocenters. The van der Waals surface area contributed by atoms with Gasteiger partial charge in [-0.05, 0) is 44.9 Å². The number of nitrogens with zero attached hydrogens (tertiary/aromatic N) is 3. The second-order valence-corrected chi connectivity index (χ2v) is 13.1. The summed E-state index contributed by atoms with van der Waals surface area (Å²) in [4.78, 5) is 17.7. The normalized spacial score (nSPS) is 22.1. The van der Waals surface area contributed by atoms with Crippen molar-refractivity contribution >= 4 is 26.7 Å². The van der Waals surface area contributed by atoms with Crippen LogP contribution in [0.3, 0.4) is 0 Å². The number of aromatic nitrogens is 3. The molecule has 0 bridgehead atoms. The van der Waals surface area contributed by atoms with Gasteiger partial charge in [0.05, 0.1) is 28.7 Å². The van der Waals surface area contributed by atoms with Crippen molar-refractivity contribution in [3.63, 3.8) is 0 Å². The average molecular weight is 534 g/mol. The van der Waals surface area contributed by atoms with E-state index in [1.165, 1.54) is 18.3 Å². The lowest BCUT2D eigenvalue weighted by molar-refractivity contribution is -0.0701. The first-order valence-corrected chi connectivity index (χ1v) is 14.0. The van der Waals surface area contributed by atoms with Crippen LogP contribution in [0.4, 0.5) is 8.78 Å². The highest BCUT2D eigenvalue weighted by Crippen LogP contribution is 2.39. The number of ether oxygens (including phenoxy) is 2. The largest absolute Gasteiger partial charge is 0.435 e. The van der Waals surface area contributed by atoms with Gasteiger partial charge in [-0.2, -0.15) is 13.9 Å². The molecule has 37 heavy (non-hydrogen) atoms. The molecule has 3 aromatic rings. The molecule has 0 radical (unpaired) electrons. The van der Waals surface area contributed by atoms with E-state index in [1.807, 2.05) is 18.5 Å². The minimum absolute atomic E-state index is 0.00230. The van der Waals surface area contributed by atoms with E-state index in [0.717, 1.165) is 0 Å². The van der Waals surface area contributed by atoms with Crippen molar-refractivity contribution in [2.75, 3.05) is 18.1 Å². The van der Waals surface area contributed by atoms with Gasteiger partial charge in [0.2, 0.25) is 0 Å². The Morgan fingerprint density at radius 3 is 2.68 bits per heavy atom. The predicted molar refractivity (Wildman–Crippen MR) is 134 cm³/mol. The molecular weight excluding hydrogens is 504 g/mol. The summed E-state index contributed by atoms with van der Waals surface area (Å²) in [6, 6.07) is 8.02. The van der Waals surface area contributed by atoms with Crippen LogP contribution in [0.1, 0.15) is 56.4 Å². The Hall–Kier alpha value is -2.92. The lowest BCUT2D eigenvalue weighted by Crippen LogP contribution is -2.47. The van der Waals surface area contributed by atoms with Crippen molar-refractivity contribution in [3.8, 4) is 17.0 Å². The lowest BCUT2D eigenvalue weighted by Gasteiger charge is -2.37. The van der Waals surface area contributed by atoms with E-state index in [4.69, 9.17) is 9.84 Å². The first kappa shape index (κ1) is 25.7. The summed E-state index contributed by atoms with van der Waals surface area (Å²) in [5, 5.41) is 4.86. The van der Waals surface area contributed by atoms with Crippen molar-refractivity contribution in [1.29, 1.82) is 0 Å². The van der Waals surface area contributed by atoms with Gasteiger partial charge in [-0.3, -0.25) is 14.5 Å². The predicted octanol–water partition coefficient (Wildman–Crippen LogP) is 4.84. The fraction of sp³-hybridized carbons (Fsp3) is 0.500. The van der Waals surface area contributed by atoms with Crippen LogP contribution in [0, 0.1) is 5.41 Å². The molecule has 0 amide bonds. The van der Waals surface area contributed by atoms with Gasteiger partial charge in [0.1, 0.15) is 17.0 Å². The van der Waals surface area contributed by atoms with Gasteiger partial charge in [-0.1, -0.05) is 19.1 Å². The van der Waals surface area contributed by atoms with Crippen LogP contribution in [-0.2, 0) is 14.6 Å². The molecule has 0 aliphatic carbocycles. The molecular formula is C26H29F2N3O5S. The highest BCUT2D eigenvalue weighted by Gasteiger charge is 2.46. The number of hydrogen-bond donors (Lipinski definition) is 0. The van der Waals surface area contributed by atoms with Crippen LogP contribution in [0.2, 0.25) is 0 Å². The molecule has 2 aromatic heterocycles. The van der Waals surface area contributed by atoms with Gasteiger partial charge in [0.25, 0.3) is 0 Å². The fourth-order valence-electron chi connectivity index (χ4n) is 5.48. The van der Waals surface area contributed by atoms with Gasteiger partial charge in [-0.15, -0.1) is 0 Å². The minimum Gasteiger partial charge on any atom is -0.435 e. The zero-order valence-electron chi connectivity index (χ0n) is 20.9. The average Bonchev–Trinajstić information content (AvgIpc) is 3.15. The van der Waals surface area contributed by atoms with Crippen molar-refractivity contribution in [2.24, 2.45) is 5.41 Å². The number of pyridine rings is 1. The number of halogens is 2. The number of carbonyl (C=O) groups excluding carboxylic acids is 1. The summed E-state index contributed by atoms with van der Waals surface area (Å²) >= 11 is 0. The molecule has 2 fully saturated rings. The Morgan fingerprint density at radius 1 is 1.24 bits per heavy atom. The molecule has 2 saturated heterocycles. The third kappa shape index (κ3) is 5.38. The van der Waals surface area contributed by atoms with Gasteiger partial charge in [0.15, 0.2) is 15.6 Å². The van der Waals surface area contributed by atoms with Crippen LogP contribution < -0.4 is 4.74 Å². The Balaban J connectivity index is 1.56. The molecule has 4 heterocycles. The van der Waals surface area contributed by atoms with Crippen LogP contribution in [0.25, 0.3) is 22.3 Å². The van der Waals surface area contributed by atoms with Crippen molar-refractivity contribution < 1.29 is 31.5 Å². The number of alkyl halides is 2. The monoisotopic (exact) mass is 533 g/mol. The third-order valence-corrected chi connectivity index (χ3v) is 9.22. The second-order valence-electron chi connectivity index (χ2n) is 11.0.